The Bertz CT molecular complexity index is 435. The molecular formula is C14H18O4. The van der Waals surface area contributed by atoms with Crippen LogP contribution in [0.3, 0.4) is 0 Å². The highest BCUT2D eigenvalue weighted by Crippen LogP contribution is 2.37. The van der Waals surface area contributed by atoms with Gasteiger partial charge in [-0.05, 0) is 42.9 Å². The van der Waals surface area contributed by atoms with Gasteiger partial charge in [-0.25, -0.2) is 0 Å². The van der Waals surface area contributed by atoms with Crippen LogP contribution in [0.2, 0.25) is 0 Å². The highest BCUT2D eigenvalue weighted by molar-refractivity contribution is 5.71. The minimum atomic E-state index is -0.668. The third kappa shape index (κ3) is 2.58. The number of aliphatic carboxylic acids is 1. The molecule has 2 rings (SSSR count). The molecular weight excluding hydrogens is 232 g/mol. The Morgan fingerprint density at radius 3 is 2.50 bits per heavy atom. The summed E-state index contributed by atoms with van der Waals surface area (Å²) in [6.45, 7) is 0. The topological polar surface area (TPSA) is 55.8 Å². The first-order valence-corrected chi connectivity index (χ1v) is 6.07. The second kappa shape index (κ2) is 5.29. The van der Waals surface area contributed by atoms with E-state index in [9.17, 15) is 4.79 Å². The van der Waals surface area contributed by atoms with Crippen LogP contribution in [0.15, 0.2) is 18.2 Å². The molecule has 0 spiro atoms. The van der Waals surface area contributed by atoms with Crippen LogP contribution in [0.5, 0.6) is 11.5 Å². The summed E-state index contributed by atoms with van der Waals surface area (Å²) in [5.74, 6) is 1.11. The average molecular weight is 250 g/mol. The Kier molecular flexibility index (Phi) is 3.75. The molecule has 18 heavy (non-hydrogen) atoms. The summed E-state index contributed by atoms with van der Waals surface area (Å²) in [4.78, 5) is 10.7. The SMILES string of the molecule is COc1ccc(CC2CC(C(=O)O)C2)cc1OC. The lowest BCUT2D eigenvalue weighted by Gasteiger charge is -2.32. The fraction of sp³-hybridized carbons (Fsp3) is 0.500. The molecule has 0 heterocycles. The summed E-state index contributed by atoms with van der Waals surface area (Å²) in [5.41, 5.74) is 1.17. The third-order valence-electron chi connectivity index (χ3n) is 3.56. The number of carboxylic acids is 1. The zero-order valence-electron chi connectivity index (χ0n) is 10.7. The Morgan fingerprint density at radius 1 is 1.28 bits per heavy atom. The molecule has 4 nitrogen and oxygen atoms in total. The van der Waals surface area contributed by atoms with Crippen LogP contribution in [-0.2, 0) is 11.2 Å². The van der Waals surface area contributed by atoms with Crippen molar-refractivity contribution in [2.75, 3.05) is 14.2 Å². The molecule has 0 atom stereocenters. The molecule has 0 bridgehead atoms. The Hall–Kier alpha value is -1.71. The first kappa shape index (κ1) is 12.7. The maximum absolute atomic E-state index is 10.7. The number of carbonyl (C=O) groups is 1. The first-order valence-electron chi connectivity index (χ1n) is 6.07. The Balaban J connectivity index is 1.97. The number of hydrogen-bond acceptors (Lipinski definition) is 3. The molecule has 1 aromatic rings. The van der Waals surface area contributed by atoms with Crippen LogP contribution in [0, 0.1) is 11.8 Å². The van der Waals surface area contributed by atoms with Gasteiger partial charge in [0.05, 0.1) is 20.1 Å². The molecule has 1 N–H and O–H groups in total. The molecule has 0 unspecified atom stereocenters. The minimum absolute atomic E-state index is 0.143. The largest absolute Gasteiger partial charge is 0.493 e. The molecule has 98 valence electrons. The van der Waals surface area contributed by atoms with Crippen molar-refractivity contribution in [1.82, 2.24) is 0 Å². The van der Waals surface area contributed by atoms with E-state index >= 15 is 0 Å². The minimum Gasteiger partial charge on any atom is -0.493 e. The second-order valence-electron chi connectivity index (χ2n) is 4.77. The lowest BCUT2D eigenvalue weighted by molar-refractivity contribution is -0.146. The molecule has 0 aliphatic heterocycles. The zero-order chi connectivity index (χ0) is 13.1. The second-order valence-corrected chi connectivity index (χ2v) is 4.77. The van der Waals surface area contributed by atoms with Crippen LogP contribution in [0.4, 0.5) is 0 Å². The summed E-state index contributed by atoms with van der Waals surface area (Å²) in [7, 11) is 3.23. The molecule has 0 amide bonds. The van der Waals surface area contributed by atoms with Gasteiger partial charge in [-0.2, -0.15) is 0 Å². The number of methoxy groups -OCH3 is 2. The Morgan fingerprint density at radius 2 is 1.94 bits per heavy atom. The number of carboxylic acid groups (broad SMARTS) is 1. The molecule has 1 aromatic carbocycles. The highest BCUT2D eigenvalue weighted by atomic mass is 16.5. The van der Waals surface area contributed by atoms with E-state index in [0.717, 1.165) is 30.8 Å². The van der Waals surface area contributed by atoms with Crippen LogP contribution >= 0.6 is 0 Å². The van der Waals surface area contributed by atoms with Crippen molar-refractivity contribution in [3.63, 3.8) is 0 Å². The predicted octanol–water partition coefficient (Wildman–Crippen LogP) is 2.36. The van der Waals surface area contributed by atoms with Crippen molar-refractivity contribution in [1.29, 1.82) is 0 Å². The summed E-state index contributed by atoms with van der Waals surface area (Å²) in [5, 5.41) is 8.83. The van der Waals surface area contributed by atoms with Gasteiger partial charge in [0.25, 0.3) is 0 Å². The van der Waals surface area contributed by atoms with E-state index in [1.807, 2.05) is 18.2 Å². The van der Waals surface area contributed by atoms with E-state index in [4.69, 9.17) is 14.6 Å². The van der Waals surface area contributed by atoms with E-state index in [2.05, 4.69) is 0 Å². The molecule has 1 fully saturated rings. The summed E-state index contributed by atoms with van der Waals surface area (Å²) in [6.07, 6.45) is 2.47. The lowest BCUT2D eigenvalue weighted by Crippen LogP contribution is -2.31. The standard InChI is InChI=1S/C14H18O4/c1-17-12-4-3-9(8-13(12)18-2)5-10-6-11(7-10)14(15)16/h3-4,8,10-11H,5-7H2,1-2H3,(H,15,16). The number of hydrogen-bond donors (Lipinski definition) is 1. The number of rotatable bonds is 5. The van der Waals surface area contributed by atoms with Gasteiger partial charge in [-0.1, -0.05) is 6.07 Å². The quantitative estimate of drug-likeness (QED) is 0.871. The monoisotopic (exact) mass is 250 g/mol. The molecule has 1 aliphatic rings. The van der Waals surface area contributed by atoms with Gasteiger partial charge in [0.1, 0.15) is 0 Å². The smallest absolute Gasteiger partial charge is 0.306 e. The summed E-state index contributed by atoms with van der Waals surface area (Å²) in [6, 6.07) is 5.86. The molecule has 1 aliphatic carbocycles. The van der Waals surface area contributed by atoms with Crippen LogP contribution < -0.4 is 9.47 Å². The highest BCUT2D eigenvalue weighted by Gasteiger charge is 2.34. The van der Waals surface area contributed by atoms with Gasteiger partial charge in [-0.15, -0.1) is 0 Å². The predicted molar refractivity (Wildman–Crippen MR) is 67.1 cm³/mol. The van der Waals surface area contributed by atoms with E-state index < -0.39 is 5.97 Å². The Labute approximate surface area is 107 Å². The fourth-order valence-corrected chi connectivity index (χ4v) is 2.44. The van der Waals surface area contributed by atoms with Crippen LogP contribution in [0.1, 0.15) is 18.4 Å². The fourth-order valence-electron chi connectivity index (χ4n) is 2.44. The van der Waals surface area contributed by atoms with Crippen LogP contribution in [-0.4, -0.2) is 25.3 Å². The van der Waals surface area contributed by atoms with Gasteiger partial charge < -0.3 is 14.6 Å². The summed E-state index contributed by atoms with van der Waals surface area (Å²) < 4.78 is 10.4. The van der Waals surface area contributed by atoms with Crippen molar-refractivity contribution < 1.29 is 19.4 Å². The van der Waals surface area contributed by atoms with Gasteiger partial charge >= 0.3 is 5.97 Å². The first-order chi connectivity index (χ1) is 8.63. The van der Waals surface area contributed by atoms with Crippen molar-refractivity contribution >= 4 is 5.97 Å². The van der Waals surface area contributed by atoms with Crippen molar-refractivity contribution in [2.45, 2.75) is 19.3 Å². The zero-order valence-corrected chi connectivity index (χ0v) is 10.7. The number of benzene rings is 1. The van der Waals surface area contributed by atoms with Gasteiger partial charge in [0.15, 0.2) is 11.5 Å². The van der Waals surface area contributed by atoms with Gasteiger partial charge in [0, 0.05) is 0 Å². The van der Waals surface area contributed by atoms with E-state index in [-0.39, 0.29) is 5.92 Å². The maximum atomic E-state index is 10.7. The van der Waals surface area contributed by atoms with E-state index in [1.165, 1.54) is 5.56 Å². The van der Waals surface area contributed by atoms with Gasteiger partial charge in [-0.3, -0.25) is 4.79 Å². The molecule has 0 saturated heterocycles. The van der Waals surface area contributed by atoms with E-state index in [0.29, 0.717) is 5.92 Å². The van der Waals surface area contributed by atoms with E-state index in [1.54, 1.807) is 14.2 Å². The van der Waals surface area contributed by atoms with Crippen molar-refractivity contribution in [3.8, 4) is 11.5 Å². The number of ether oxygens (including phenoxy) is 2. The molecule has 4 heteroatoms. The molecule has 0 radical (unpaired) electrons. The van der Waals surface area contributed by atoms with Crippen LogP contribution in [0.25, 0.3) is 0 Å². The maximum Gasteiger partial charge on any atom is 0.306 e. The molecule has 1 saturated carbocycles. The molecule has 0 aromatic heterocycles. The van der Waals surface area contributed by atoms with Crippen molar-refractivity contribution in [3.05, 3.63) is 23.8 Å². The normalized spacial score (nSPS) is 22.1. The van der Waals surface area contributed by atoms with Crippen molar-refractivity contribution in [2.24, 2.45) is 11.8 Å². The lowest BCUT2D eigenvalue weighted by atomic mass is 9.72. The third-order valence-corrected chi connectivity index (χ3v) is 3.56. The van der Waals surface area contributed by atoms with Gasteiger partial charge in [0.2, 0.25) is 0 Å². The average Bonchev–Trinajstić information content (AvgIpc) is 2.32. The summed E-state index contributed by atoms with van der Waals surface area (Å²) >= 11 is 0.